The monoisotopic (exact) mass is 280 g/mol. The Morgan fingerprint density at radius 3 is 2.32 bits per heavy atom. The van der Waals surface area contributed by atoms with Crippen LogP contribution in [-0.2, 0) is 9.09 Å². The summed E-state index contributed by atoms with van der Waals surface area (Å²) in [5, 5.41) is 0. The van der Waals surface area contributed by atoms with E-state index in [4.69, 9.17) is 13.6 Å². The number of phosphoric acid groups is 1. The second-order valence-electron chi connectivity index (χ2n) is 4.97. The van der Waals surface area contributed by atoms with Crippen LogP contribution in [0.1, 0.15) is 32.1 Å². The van der Waals surface area contributed by atoms with Crippen molar-refractivity contribution in [2.75, 3.05) is 0 Å². The van der Waals surface area contributed by atoms with Crippen molar-refractivity contribution in [1.29, 1.82) is 0 Å². The lowest BCUT2D eigenvalue weighted by atomic mass is 9.88. The van der Waals surface area contributed by atoms with Crippen LogP contribution in [0, 0.1) is 5.92 Å². The second kappa shape index (κ2) is 4.93. The Kier molecular flexibility index (Phi) is 3.28. The molecule has 0 bridgehead atoms. The minimum absolute atomic E-state index is 0.260. The summed E-state index contributed by atoms with van der Waals surface area (Å²) >= 11 is 0. The molecular weight excluding hydrogens is 263 g/mol. The van der Waals surface area contributed by atoms with Crippen LogP contribution in [0.2, 0.25) is 0 Å². The maximum Gasteiger partial charge on any atom is 0.647 e. The zero-order chi connectivity index (χ0) is 13.3. The maximum absolute atomic E-state index is 12.4. The summed E-state index contributed by atoms with van der Waals surface area (Å²) in [5.41, 5.74) is 0. The van der Waals surface area contributed by atoms with Gasteiger partial charge in [0.15, 0.2) is 11.5 Å². The molecule has 1 heterocycles. The van der Waals surface area contributed by atoms with Gasteiger partial charge in [-0.05, 0) is 25.0 Å². The van der Waals surface area contributed by atoms with Crippen LogP contribution < -0.4 is 9.05 Å². The molecule has 5 heteroatoms. The van der Waals surface area contributed by atoms with Gasteiger partial charge in [0.25, 0.3) is 0 Å². The van der Waals surface area contributed by atoms with E-state index < -0.39 is 7.82 Å². The molecule has 0 radical (unpaired) electrons. The molecule has 4 nitrogen and oxygen atoms in total. The van der Waals surface area contributed by atoms with Gasteiger partial charge in [0.2, 0.25) is 0 Å². The van der Waals surface area contributed by atoms with Gasteiger partial charge in [-0.1, -0.05) is 38.0 Å². The van der Waals surface area contributed by atoms with Crippen LogP contribution in [0.15, 0.2) is 36.6 Å². The number of para-hydroxylation sites is 2. The van der Waals surface area contributed by atoms with E-state index in [0.717, 1.165) is 12.8 Å². The van der Waals surface area contributed by atoms with Crippen molar-refractivity contribution in [3.05, 3.63) is 36.6 Å². The third kappa shape index (κ3) is 2.64. The molecule has 1 saturated carbocycles. The Morgan fingerprint density at radius 2 is 1.74 bits per heavy atom. The van der Waals surface area contributed by atoms with E-state index in [1.165, 1.54) is 19.3 Å². The summed E-state index contributed by atoms with van der Waals surface area (Å²) in [6.07, 6.45) is 5.65. The molecule has 0 unspecified atom stereocenters. The minimum atomic E-state index is -3.57. The van der Waals surface area contributed by atoms with E-state index in [2.05, 4.69) is 6.58 Å². The number of benzene rings is 1. The van der Waals surface area contributed by atoms with E-state index in [1.807, 2.05) is 0 Å². The number of hydrogen-bond donors (Lipinski definition) is 0. The molecular formula is C14H17O4P. The lowest BCUT2D eigenvalue weighted by molar-refractivity contribution is 0.234. The Hall–Kier alpha value is -1.41. The van der Waals surface area contributed by atoms with Crippen molar-refractivity contribution in [2.24, 2.45) is 5.92 Å². The molecule has 2 aliphatic rings. The lowest BCUT2D eigenvalue weighted by Gasteiger charge is -2.24. The number of fused-ring (bicyclic) bond motifs is 1. The average molecular weight is 280 g/mol. The van der Waals surface area contributed by atoms with Gasteiger partial charge in [0.05, 0.1) is 0 Å². The molecule has 1 aromatic rings. The molecule has 1 fully saturated rings. The smallest absolute Gasteiger partial charge is 0.391 e. The Morgan fingerprint density at radius 1 is 1.16 bits per heavy atom. The van der Waals surface area contributed by atoms with Crippen molar-refractivity contribution in [1.82, 2.24) is 0 Å². The van der Waals surface area contributed by atoms with E-state index >= 15 is 0 Å². The second-order valence-corrected chi connectivity index (χ2v) is 6.41. The normalized spacial score (nSPS) is 21.1. The number of hydrogen-bond acceptors (Lipinski definition) is 4. The molecule has 1 aliphatic heterocycles. The molecule has 102 valence electrons. The summed E-state index contributed by atoms with van der Waals surface area (Å²) < 4.78 is 28.4. The molecule has 0 amide bonds. The van der Waals surface area contributed by atoms with Crippen LogP contribution in [0.5, 0.6) is 11.5 Å². The van der Waals surface area contributed by atoms with Crippen molar-refractivity contribution in [2.45, 2.75) is 32.1 Å². The van der Waals surface area contributed by atoms with Crippen LogP contribution in [0.25, 0.3) is 0 Å². The zero-order valence-electron chi connectivity index (χ0n) is 10.7. The first-order valence-electron chi connectivity index (χ1n) is 6.63. The molecule has 1 aromatic carbocycles. The molecule has 3 rings (SSSR count). The van der Waals surface area contributed by atoms with Crippen LogP contribution >= 0.6 is 7.82 Å². The van der Waals surface area contributed by atoms with Gasteiger partial charge < -0.3 is 13.6 Å². The number of rotatable bonds is 3. The molecule has 1 aliphatic carbocycles. The third-order valence-corrected chi connectivity index (χ3v) is 4.86. The molecule has 0 saturated heterocycles. The summed E-state index contributed by atoms with van der Waals surface area (Å²) in [7, 11) is -3.57. The summed E-state index contributed by atoms with van der Waals surface area (Å²) in [6, 6.07) is 7.02. The molecule has 0 aromatic heterocycles. The van der Waals surface area contributed by atoms with Crippen LogP contribution in [0.3, 0.4) is 0 Å². The fourth-order valence-electron chi connectivity index (χ4n) is 2.54. The van der Waals surface area contributed by atoms with Gasteiger partial charge in [-0.25, -0.2) is 0 Å². The molecule has 0 N–H and O–H groups in total. The standard InChI is InChI=1S/C14H17O4P/c1-11(12-7-3-2-4-8-12)16-19(15)17-13-9-5-6-10-14(13)18-19/h5-6,9-10,12H,1-4,7-8H2. The maximum atomic E-state index is 12.4. The fraction of sp³-hybridized carbons (Fsp3) is 0.429. The van der Waals surface area contributed by atoms with Gasteiger partial charge in [-0.3, -0.25) is 0 Å². The Balaban J connectivity index is 1.67. The van der Waals surface area contributed by atoms with Crippen LogP contribution in [0.4, 0.5) is 0 Å². The SMILES string of the molecule is C=C(OP1(=O)Oc2ccccc2O1)C1CCCCC1. The third-order valence-electron chi connectivity index (χ3n) is 3.56. The van der Waals surface area contributed by atoms with Crippen molar-refractivity contribution in [3.63, 3.8) is 0 Å². The summed E-state index contributed by atoms with van der Waals surface area (Å²) in [6.45, 7) is 3.90. The predicted octanol–water partition coefficient (Wildman–Crippen LogP) is 4.68. The van der Waals surface area contributed by atoms with Crippen LogP contribution in [-0.4, -0.2) is 0 Å². The predicted molar refractivity (Wildman–Crippen MR) is 72.1 cm³/mol. The lowest BCUT2D eigenvalue weighted by Crippen LogP contribution is -2.11. The Bertz CT molecular complexity index is 505. The highest BCUT2D eigenvalue weighted by atomic mass is 31.2. The zero-order valence-corrected chi connectivity index (χ0v) is 11.6. The first-order valence-corrected chi connectivity index (χ1v) is 8.09. The van der Waals surface area contributed by atoms with Crippen molar-refractivity contribution >= 4 is 7.82 Å². The first-order chi connectivity index (χ1) is 9.16. The van der Waals surface area contributed by atoms with E-state index in [-0.39, 0.29) is 5.92 Å². The first kappa shape index (κ1) is 12.6. The number of phosphoric ester groups is 1. The number of allylic oxidation sites excluding steroid dienone is 1. The Labute approximate surface area is 113 Å². The van der Waals surface area contributed by atoms with Crippen molar-refractivity contribution < 1.29 is 18.1 Å². The highest BCUT2D eigenvalue weighted by Crippen LogP contribution is 2.60. The van der Waals surface area contributed by atoms with E-state index in [9.17, 15) is 4.57 Å². The largest absolute Gasteiger partial charge is 0.647 e. The van der Waals surface area contributed by atoms with Crippen molar-refractivity contribution in [3.8, 4) is 11.5 Å². The highest BCUT2D eigenvalue weighted by molar-refractivity contribution is 7.49. The van der Waals surface area contributed by atoms with Gasteiger partial charge >= 0.3 is 7.82 Å². The minimum Gasteiger partial charge on any atom is -0.391 e. The van der Waals surface area contributed by atoms with Gasteiger partial charge in [0, 0.05) is 5.92 Å². The molecule has 0 atom stereocenters. The van der Waals surface area contributed by atoms with E-state index in [1.54, 1.807) is 24.3 Å². The topological polar surface area (TPSA) is 44.8 Å². The van der Waals surface area contributed by atoms with Gasteiger partial charge in [0.1, 0.15) is 5.76 Å². The summed E-state index contributed by atoms with van der Waals surface area (Å²) in [4.78, 5) is 0. The molecule has 19 heavy (non-hydrogen) atoms. The molecule has 0 spiro atoms. The summed E-state index contributed by atoms with van der Waals surface area (Å²) in [5.74, 6) is 1.70. The highest BCUT2D eigenvalue weighted by Gasteiger charge is 2.41. The van der Waals surface area contributed by atoms with Gasteiger partial charge in [-0.2, -0.15) is 4.57 Å². The average Bonchev–Trinajstić information content (AvgIpc) is 2.75. The van der Waals surface area contributed by atoms with E-state index in [0.29, 0.717) is 17.3 Å². The quantitative estimate of drug-likeness (QED) is 0.596. The van der Waals surface area contributed by atoms with Gasteiger partial charge in [-0.15, -0.1) is 0 Å². The fourth-order valence-corrected chi connectivity index (χ4v) is 3.87.